The van der Waals surface area contributed by atoms with Crippen LogP contribution in [-0.2, 0) is 4.74 Å². The number of nitrogens with one attached hydrogen (secondary N) is 2. The first kappa shape index (κ1) is 13.0. The second kappa shape index (κ2) is 5.89. The topological polar surface area (TPSA) is 50.4 Å². The summed E-state index contributed by atoms with van der Waals surface area (Å²) in [6.07, 6.45) is -0.657. The van der Waals surface area contributed by atoms with Crippen molar-refractivity contribution >= 4 is 52.3 Å². The van der Waals surface area contributed by atoms with Crippen LogP contribution in [0, 0.1) is 0 Å². The van der Waals surface area contributed by atoms with E-state index in [4.69, 9.17) is 35.4 Å². The number of rotatable bonds is 1. The molecule has 2 N–H and O–H groups in total. The zero-order chi connectivity index (χ0) is 12.1. The summed E-state index contributed by atoms with van der Waals surface area (Å²) in [5.74, 6) is 0. The number of amides is 1. The lowest BCUT2D eigenvalue weighted by Gasteiger charge is -2.10. The second-order valence-corrected chi connectivity index (χ2v) is 3.87. The Morgan fingerprint density at radius 2 is 2.12 bits per heavy atom. The van der Waals surface area contributed by atoms with Crippen molar-refractivity contribution in [2.75, 3.05) is 12.4 Å². The number of halogens is 2. The Labute approximate surface area is 108 Å². The Morgan fingerprint density at radius 3 is 2.75 bits per heavy atom. The van der Waals surface area contributed by atoms with E-state index in [2.05, 4.69) is 15.4 Å². The molecule has 0 saturated carbocycles. The van der Waals surface area contributed by atoms with E-state index in [1.165, 1.54) is 7.11 Å². The van der Waals surface area contributed by atoms with E-state index in [9.17, 15) is 4.79 Å². The fourth-order valence-electron chi connectivity index (χ4n) is 0.898. The van der Waals surface area contributed by atoms with Gasteiger partial charge in [0.15, 0.2) is 5.11 Å². The second-order valence-electron chi connectivity index (χ2n) is 2.67. The van der Waals surface area contributed by atoms with Crippen LogP contribution in [0.1, 0.15) is 0 Å². The summed E-state index contributed by atoms with van der Waals surface area (Å²) in [5.41, 5.74) is 0.510. The normalized spacial score (nSPS) is 9.44. The Bertz CT molecular complexity index is 426. The molecule has 4 nitrogen and oxygen atoms in total. The predicted octanol–water partition coefficient (Wildman–Crippen LogP) is 3.05. The number of methoxy groups -OCH3 is 1. The highest BCUT2D eigenvalue weighted by Gasteiger charge is 2.07. The Balaban J connectivity index is 2.70. The Morgan fingerprint density at radius 1 is 1.44 bits per heavy atom. The maximum atomic E-state index is 10.8. The highest BCUT2D eigenvalue weighted by Crippen LogP contribution is 2.29. The van der Waals surface area contributed by atoms with Gasteiger partial charge in [-0.3, -0.25) is 5.32 Å². The number of thiocarbonyl (C=S) groups is 1. The SMILES string of the molecule is COC(=O)NC(=S)Nc1cccc(Cl)c1Cl. The van der Waals surface area contributed by atoms with Crippen molar-refractivity contribution in [2.45, 2.75) is 0 Å². The molecular weight excluding hydrogens is 271 g/mol. The highest BCUT2D eigenvalue weighted by atomic mass is 35.5. The lowest BCUT2D eigenvalue weighted by Crippen LogP contribution is -2.33. The summed E-state index contributed by atoms with van der Waals surface area (Å²) in [6.45, 7) is 0. The van der Waals surface area contributed by atoms with E-state index in [0.29, 0.717) is 15.7 Å². The fraction of sp³-hybridized carbons (Fsp3) is 0.111. The molecule has 1 rings (SSSR count). The summed E-state index contributed by atoms with van der Waals surface area (Å²) in [7, 11) is 1.24. The largest absolute Gasteiger partial charge is 0.453 e. The smallest absolute Gasteiger partial charge is 0.413 e. The molecule has 0 fully saturated rings. The van der Waals surface area contributed by atoms with Crippen LogP contribution in [-0.4, -0.2) is 18.3 Å². The van der Waals surface area contributed by atoms with Crippen molar-refractivity contribution in [2.24, 2.45) is 0 Å². The first-order chi connectivity index (χ1) is 7.54. The van der Waals surface area contributed by atoms with Crippen LogP contribution in [0.5, 0.6) is 0 Å². The van der Waals surface area contributed by atoms with Crippen molar-refractivity contribution < 1.29 is 9.53 Å². The van der Waals surface area contributed by atoms with Crippen LogP contribution in [0.3, 0.4) is 0 Å². The summed E-state index contributed by atoms with van der Waals surface area (Å²) in [6, 6.07) is 5.03. The van der Waals surface area contributed by atoms with Crippen molar-refractivity contribution in [1.82, 2.24) is 5.32 Å². The molecule has 0 bridgehead atoms. The van der Waals surface area contributed by atoms with Crippen LogP contribution in [0.2, 0.25) is 10.0 Å². The number of benzene rings is 1. The Hall–Kier alpha value is -1.04. The molecule has 16 heavy (non-hydrogen) atoms. The number of hydrogen-bond acceptors (Lipinski definition) is 3. The Kier molecular flexibility index (Phi) is 4.79. The van der Waals surface area contributed by atoms with Gasteiger partial charge in [0, 0.05) is 0 Å². The van der Waals surface area contributed by atoms with E-state index in [1.807, 2.05) is 0 Å². The molecular formula is C9H8Cl2N2O2S. The van der Waals surface area contributed by atoms with E-state index in [-0.39, 0.29) is 5.11 Å². The van der Waals surface area contributed by atoms with Crippen LogP contribution in [0.4, 0.5) is 10.5 Å². The van der Waals surface area contributed by atoms with Gasteiger partial charge in [0.2, 0.25) is 0 Å². The van der Waals surface area contributed by atoms with E-state index in [0.717, 1.165) is 0 Å². The average molecular weight is 279 g/mol. The lowest BCUT2D eigenvalue weighted by atomic mass is 10.3. The molecule has 0 saturated heterocycles. The number of carbonyl (C=O) groups is 1. The number of anilines is 1. The first-order valence-electron chi connectivity index (χ1n) is 4.14. The van der Waals surface area contributed by atoms with E-state index in [1.54, 1.807) is 18.2 Å². The fourth-order valence-corrected chi connectivity index (χ4v) is 1.44. The van der Waals surface area contributed by atoms with Crippen LogP contribution < -0.4 is 10.6 Å². The molecule has 86 valence electrons. The van der Waals surface area contributed by atoms with Crippen molar-refractivity contribution in [3.05, 3.63) is 28.2 Å². The van der Waals surface area contributed by atoms with Gasteiger partial charge in [0.05, 0.1) is 22.8 Å². The minimum Gasteiger partial charge on any atom is -0.453 e. The van der Waals surface area contributed by atoms with Crippen LogP contribution in [0.15, 0.2) is 18.2 Å². The van der Waals surface area contributed by atoms with Gasteiger partial charge in [0.25, 0.3) is 0 Å². The van der Waals surface area contributed by atoms with Gasteiger partial charge in [-0.2, -0.15) is 0 Å². The molecule has 0 radical (unpaired) electrons. The number of ether oxygens (including phenoxy) is 1. The van der Waals surface area contributed by atoms with Crippen molar-refractivity contribution in [3.63, 3.8) is 0 Å². The summed E-state index contributed by atoms with van der Waals surface area (Å²) >= 11 is 16.6. The molecule has 0 aliphatic carbocycles. The minimum atomic E-state index is -0.657. The molecule has 0 aliphatic rings. The van der Waals surface area contributed by atoms with Crippen LogP contribution >= 0.6 is 35.4 Å². The average Bonchev–Trinajstić information content (AvgIpc) is 2.24. The van der Waals surface area contributed by atoms with Gasteiger partial charge in [-0.1, -0.05) is 29.3 Å². The molecule has 0 heterocycles. The van der Waals surface area contributed by atoms with Crippen molar-refractivity contribution in [1.29, 1.82) is 0 Å². The van der Waals surface area contributed by atoms with Gasteiger partial charge >= 0.3 is 6.09 Å². The van der Waals surface area contributed by atoms with Crippen LogP contribution in [0.25, 0.3) is 0 Å². The third-order valence-electron chi connectivity index (χ3n) is 1.60. The summed E-state index contributed by atoms with van der Waals surface area (Å²) < 4.78 is 4.38. The predicted molar refractivity (Wildman–Crippen MR) is 68.2 cm³/mol. The molecule has 1 amide bonds. The molecule has 0 unspecified atom stereocenters. The van der Waals surface area contributed by atoms with Gasteiger partial charge in [-0.05, 0) is 24.4 Å². The summed E-state index contributed by atoms with van der Waals surface area (Å²) in [4.78, 5) is 10.8. The standard InChI is InChI=1S/C9H8Cl2N2O2S/c1-15-9(14)13-8(16)12-6-4-2-3-5(10)7(6)11/h2-4H,1H3,(H2,12,13,14,16). The van der Waals surface area contributed by atoms with E-state index < -0.39 is 6.09 Å². The molecule has 0 aliphatic heterocycles. The molecule has 1 aromatic rings. The third-order valence-corrected chi connectivity index (χ3v) is 2.62. The minimum absolute atomic E-state index is 0.0796. The van der Waals surface area contributed by atoms with Gasteiger partial charge < -0.3 is 10.1 Å². The maximum absolute atomic E-state index is 10.8. The van der Waals surface area contributed by atoms with E-state index >= 15 is 0 Å². The van der Waals surface area contributed by atoms with Gasteiger partial charge in [0.1, 0.15) is 0 Å². The molecule has 0 atom stereocenters. The molecule has 1 aromatic carbocycles. The summed E-state index contributed by atoms with van der Waals surface area (Å²) in [5, 5.41) is 5.81. The maximum Gasteiger partial charge on any atom is 0.413 e. The zero-order valence-electron chi connectivity index (χ0n) is 8.21. The quantitative estimate of drug-likeness (QED) is 0.776. The third kappa shape index (κ3) is 3.52. The number of alkyl carbamates (subject to hydrolysis) is 1. The monoisotopic (exact) mass is 278 g/mol. The van der Waals surface area contributed by atoms with Gasteiger partial charge in [-0.25, -0.2) is 4.79 Å². The number of hydrogen-bond donors (Lipinski definition) is 2. The molecule has 7 heteroatoms. The highest BCUT2D eigenvalue weighted by molar-refractivity contribution is 7.80. The first-order valence-corrected chi connectivity index (χ1v) is 5.31. The zero-order valence-corrected chi connectivity index (χ0v) is 10.5. The molecule has 0 aromatic heterocycles. The van der Waals surface area contributed by atoms with Crippen molar-refractivity contribution in [3.8, 4) is 0 Å². The lowest BCUT2D eigenvalue weighted by molar-refractivity contribution is 0.177. The van der Waals surface area contributed by atoms with Gasteiger partial charge in [-0.15, -0.1) is 0 Å². The molecule has 0 spiro atoms. The number of carbonyl (C=O) groups excluding carboxylic acids is 1.